The van der Waals surface area contributed by atoms with Crippen LogP contribution in [0.4, 0.5) is 11.4 Å². The zero-order chi connectivity index (χ0) is 21.4. The van der Waals surface area contributed by atoms with Crippen molar-refractivity contribution in [2.24, 2.45) is 5.41 Å². The SMILES string of the molecule is CC1(C)CC(=O)C2=C(C1)N(c1ccccc1)C(c1ccccc1)N(c1ccccc1)C2. The van der Waals surface area contributed by atoms with Gasteiger partial charge in [0.05, 0.1) is 6.54 Å². The number of anilines is 2. The van der Waals surface area contributed by atoms with Crippen LogP contribution in [0, 0.1) is 5.41 Å². The average Bonchev–Trinajstić information content (AvgIpc) is 2.79. The number of para-hydroxylation sites is 2. The molecule has 0 fully saturated rings. The molecule has 2 aliphatic rings. The molecule has 156 valence electrons. The van der Waals surface area contributed by atoms with E-state index in [-0.39, 0.29) is 17.4 Å². The number of hydrogen-bond acceptors (Lipinski definition) is 3. The monoisotopic (exact) mass is 408 g/mol. The van der Waals surface area contributed by atoms with E-state index in [1.165, 1.54) is 11.3 Å². The van der Waals surface area contributed by atoms with Crippen LogP contribution < -0.4 is 9.80 Å². The molecule has 3 heteroatoms. The number of allylic oxidation sites excluding steroid dienone is 1. The van der Waals surface area contributed by atoms with Crippen molar-refractivity contribution in [3.63, 3.8) is 0 Å². The minimum Gasteiger partial charge on any atom is -0.342 e. The topological polar surface area (TPSA) is 23.6 Å². The Morgan fingerprint density at radius 2 is 1.29 bits per heavy atom. The summed E-state index contributed by atoms with van der Waals surface area (Å²) in [5.41, 5.74) is 5.56. The van der Waals surface area contributed by atoms with Crippen LogP contribution in [-0.2, 0) is 4.79 Å². The first-order chi connectivity index (χ1) is 15.0. The van der Waals surface area contributed by atoms with Crippen molar-refractivity contribution in [1.82, 2.24) is 0 Å². The lowest BCUT2D eigenvalue weighted by atomic mass is 9.74. The van der Waals surface area contributed by atoms with Crippen molar-refractivity contribution in [1.29, 1.82) is 0 Å². The molecule has 0 N–H and O–H groups in total. The molecule has 0 amide bonds. The van der Waals surface area contributed by atoms with Crippen molar-refractivity contribution in [2.75, 3.05) is 16.3 Å². The summed E-state index contributed by atoms with van der Waals surface area (Å²) in [6.07, 6.45) is 1.48. The molecule has 1 unspecified atom stereocenters. The Bertz CT molecular complexity index is 1100. The van der Waals surface area contributed by atoms with Crippen molar-refractivity contribution < 1.29 is 4.79 Å². The Kier molecular flexibility index (Phi) is 4.90. The summed E-state index contributed by atoms with van der Waals surface area (Å²) in [6, 6.07) is 31.6. The summed E-state index contributed by atoms with van der Waals surface area (Å²) < 4.78 is 0. The predicted octanol–water partition coefficient (Wildman–Crippen LogP) is 6.36. The van der Waals surface area contributed by atoms with Crippen LogP contribution >= 0.6 is 0 Å². The highest BCUT2D eigenvalue weighted by Gasteiger charge is 2.43. The van der Waals surface area contributed by atoms with Gasteiger partial charge >= 0.3 is 0 Å². The second-order valence-corrected chi connectivity index (χ2v) is 9.32. The van der Waals surface area contributed by atoms with Crippen LogP contribution in [0.15, 0.2) is 102 Å². The first kappa shape index (κ1) is 19.6. The van der Waals surface area contributed by atoms with Gasteiger partial charge in [0.15, 0.2) is 5.78 Å². The van der Waals surface area contributed by atoms with Gasteiger partial charge in [-0.2, -0.15) is 0 Å². The fraction of sp³-hybridized carbons (Fsp3) is 0.250. The molecule has 1 heterocycles. The second kappa shape index (κ2) is 7.73. The maximum absolute atomic E-state index is 13.3. The Morgan fingerprint density at radius 1 is 0.742 bits per heavy atom. The van der Waals surface area contributed by atoms with Gasteiger partial charge in [0, 0.05) is 29.1 Å². The van der Waals surface area contributed by atoms with Gasteiger partial charge in [-0.15, -0.1) is 0 Å². The average molecular weight is 409 g/mol. The van der Waals surface area contributed by atoms with Gasteiger partial charge in [-0.05, 0) is 41.7 Å². The van der Waals surface area contributed by atoms with E-state index in [1.54, 1.807) is 0 Å². The molecule has 0 radical (unpaired) electrons. The zero-order valence-corrected chi connectivity index (χ0v) is 18.2. The largest absolute Gasteiger partial charge is 0.342 e. The molecule has 0 bridgehead atoms. The van der Waals surface area contributed by atoms with Gasteiger partial charge in [-0.3, -0.25) is 4.79 Å². The Morgan fingerprint density at radius 3 is 1.90 bits per heavy atom. The van der Waals surface area contributed by atoms with Gasteiger partial charge in [-0.1, -0.05) is 80.6 Å². The number of carbonyl (C=O) groups is 1. The molecule has 0 spiro atoms. The normalized spacial score (nSPS) is 20.6. The quantitative estimate of drug-likeness (QED) is 0.504. The van der Waals surface area contributed by atoms with E-state index in [4.69, 9.17) is 0 Å². The highest BCUT2D eigenvalue weighted by atomic mass is 16.1. The van der Waals surface area contributed by atoms with Crippen LogP contribution in [0.25, 0.3) is 0 Å². The number of carbonyl (C=O) groups excluding carboxylic acids is 1. The number of rotatable bonds is 3. The Balaban J connectivity index is 1.76. The van der Waals surface area contributed by atoms with Gasteiger partial charge in [0.1, 0.15) is 6.17 Å². The Labute approximate surface area is 184 Å². The van der Waals surface area contributed by atoms with Gasteiger partial charge < -0.3 is 9.80 Å². The smallest absolute Gasteiger partial charge is 0.162 e. The van der Waals surface area contributed by atoms with Gasteiger partial charge in [0.2, 0.25) is 0 Å². The van der Waals surface area contributed by atoms with E-state index in [9.17, 15) is 4.79 Å². The van der Waals surface area contributed by atoms with E-state index in [1.807, 2.05) is 12.1 Å². The number of benzene rings is 3. The summed E-state index contributed by atoms with van der Waals surface area (Å²) in [7, 11) is 0. The van der Waals surface area contributed by atoms with Gasteiger partial charge in [0.25, 0.3) is 0 Å². The van der Waals surface area contributed by atoms with E-state index in [0.717, 1.165) is 23.4 Å². The molecule has 0 saturated carbocycles. The Hall–Kier alpha value is -3.33. The highest BCUT2D eigenvalue weighted by molar-refractivity contribution is 6.00. The molecule has 3 aromatic carbocycles. The highest BCUT2D eigenvalue weighted by Crippen LogP contribution is 2.48. The third-order valence-corrected chi connectivity index (χ3v) is 6.35. The predicted molar refractivity (Wildman–Crippen MR) is 127 cm³/mol. The summed E-state index contributed by atoms with van der Waals surface area (Å²) in [6.45, 7) is 5.05. The molecule has 31 heavy (non-hydrogen) atoms. The van der Waals surface area contributed by atoms with Crippen molar-refractivity contribution in [3.05, 3.63) is 108 Å². The van der Waals surface area contributed by atoms with E-state index < -0.39 is 0 Å². The number of nitrogens with zero attached hydrogens (tertiary/aromatic N) is 2. The van der Waals surface area contributed by atoms with E-state index >= 15 is 0 Å². The lowest BCUT2D eigenvalue weighted by Gasteiger charge is -2.51. The van der Waals surface area contributed by atoms with E-state index in [2.05, 4.69) is 103 Å². The van der Waals surface area contributed by atoms with Crippen molar-refractivity contribution in [2.45, 2.75) is 32.9 Å². The summed E-state index contributed by atoms with van der Waals surface area (Å²) in [4.78, 5) is 18.1. The number of ketones is 1. The summed E-state index contributed by atoms with van der Waals surface area (Å²) >= 11 is 0. The van der Waals surface area contributed by atoms with Crippen molar-refractivity contribution >= 4 is 17.2 Å². The molecule has 5 rings (SSSR count). The summed E-state index contributed by atoms with van der Waals surface area (Å²) in [5, 5.41) is 0. The third kappa shape index (κ3) is 3.65. The third-order valence-electron chi connectivity index (χ3n) is 6.35. The maximum atomic E-state index is 13.3. The first-order valence-corrected chi connectivity index (χ1v) is 11.0. The van der Waals surface area contributed by atoms with Crippen LogP contribution in [0.3, 0.4) is 0 Å². The van der Waals surface area contributed by atoms with Crippen LogP contribution in [0.2, 0.25) is 0 Å². The zero-order valence-electron chi connectivity index (χ0n) is 18.2. The maximum Gasteiger partial charge on any atom is 0.162 e. The number of hydrogen-bond donors (Lipinski definition) is 0. The van der Waals surface area contributed by atoms with Crippen LogP contribution in [0.1, 0.15) is 38.4 Å². The molecule has 3 aromatic rings. The molecule has 0 aromatic heterocycles. The lowest BCUT2D eigenvalue weighted by molar-refractivity contribution is -0.118. The molecule has 0 saturated heterocycles. The van der Waals surface area contributed by atoms with Crippen LogP contribution in [0.5, 0.6) is 0 Å². The van der Waals surface area contributed by atoms with Crippen LogP contribution in [-0.4, -0.2) is 12.3 Å². The minimum absolute atomic E-state index is 0.0218. The first-order valence-electron chi connectivity index (χ1n) is 11.0. The lowest BCUT2D eigenvalue weighted by Crippen LogP contribution is -2.51. The van der Waals surface area contributed by atoms with Crippen molar-refractivity contribution in [3.8, 4) is 0 Å². The molecule has 1 atom stereocenters. The minimum atomic E-state index is -0.0426. The standard InChI is InChI=1S/C28H28N2O/c1-28(2)18-25-24(26(31)19-28)20-29(22-14-8-4-9-15-22)27(21-12-6-3-7-13-21)30(25)23-16-10-5-11-17-23/h3-17,27H,18-20H2,1-2H3. The molecule has 3 nitrogen and oxygen atoms in total. The van der Waals surface area contributed by atoms with Gasteiger partial charge in [-0.25, -0.2) is 0 Å². The summed E-state index contributed by atoms with van der Waals surface area (Å²) in [5.74, 6) is 0.277. The molecule has 1 aliphatic heterocycles. The fourth-order valence-corrected chi connectivity index (χ4v) is 4.97. The number of Topliss-reactive ketones (excluding diaryl/α,β-unsaturated/α-hetero) is 1. The molecular weight excluding hydrogens is 380 g/mol. The molecule has 1 aliphatic carbocycles. The fourth-order valence-electron chi connectivity index (χ4n) is 4.97. The second-order valence-electron chi connectivity index (χ2n) is 9.32. The molecular formula is C28H28N2O. The van der Waals surface area contributed by atoms with E-state index in [0.29, 0.717) is 13.0 Å².